The van der Waals surface area contributed by atoms with Crippen molar-refractivity contribution < 1.29 is 0 Å². The number of nitrogens with one attached hydrogen (secondary N) is 1. The molecule has 20 heavy (non-hydrogen) atoms. The van der Waals surface area contributed by atoms with E-state index in [1.165, 1.54) is 70.9 Å². The van der Waals surface area contributed by atoms with Gasteiger partial charge in [-0.3, -0.25) is 4.90 Å². The summed E-state index contributed by atoms with van der Waals surface area (Å²) in [6.45, 7) is 7.61. The lowest BCUT2D eigenvalue weighted by Crippen LogP contribution is -2.54. The molecule has 2 atom stereocenters. The van der Waals surface area contributed by atoms with Crippen molar-refractivity contribution in [1.82, 2.24) is 10.2 Å². The molecule has 0 aromatic carbocycles. The summed E-state index contributed by atoms with van der Waals surface area (Å²) in [6, 6.07) is 1.47. The monoisotopic (exact) mass is 278 g/mol. The minimum Gasteiger partial charge on any atom is -0.315 e. The maximum Gasteiger partial charge on any atom is 0.0271 e. The molecule has 0 radical (unpaired) electrons. The number of piperidine rings is 1. The van der Waals surface area contributed by atoms with Crippen LogP contribution in [-0.2, 0) is 0 Å². The van der Waals surface area contributed by atoms with Crippen LogP contribution in [0.15, 0.2) is 0 Å². The van der Waals surface area contributed by atoms with Gasteiger partial charge in [-0.25, -0.2) is 0 Å². The lowest BCUT2D eigenvalue weighted by Gasteiger charge is -2.47. The van der Waals surface area contributed by atoms with Gasteiger partial charge in [0.2, 0.25) is 0 Å². The molecule has 116 valence electrons. The quantitative estimate of drug-likeness (QED) is 0.826. The maximum atomic E-state index is 3.63. The van der Waals surface area contributed by atoms with Crippen molar-refractivity contribution in [2.24, 2.45) is 10.8 Å². The highest BCUT2D eigenvalue weighted by Crippen LogP contribution is 2.47. The van der Waals surface area contributed by atoms with Gasteiger partial charge in [0.25, 0.3) is 0 Å². The van der Waals surface area contributed by atoms with Crippen LogP contribution in [0.3, 0.4) is 0 Å². The average molecular weight is 278 g/mol. The lowest BCUT2D eigenvalue weighted by molar-refractivity contribution is 0.0354. The summed E-state index contributed by atoms with van der Waals surface area (Å²) in [5.74, 6) is 0. The van der Waals surface area contributed by atoms with E-state index in [0.29, 0.717) is 11.5 Å². The first-order valence-electron chi connectivity index (χ1n) is 8.98. The molecule has 0 bridgehead atoms. The fourth-order valence-corrected chi connectivity index (χ4v) is 5.47. The number of hydrogen-bond acceptors (Lipinski definition) is 2. The molecule has 0 aromatic rings. The standard InChI is InChI=1S/C18H34N2/c1-17(2)10-7-15(16(17)19-3)20-13-11-18(12-14-20)8-5-4-6-9-18/h15-16,19H,4-14H2,1-3H3. The zero-order chi connectivity index (χ0) is 14.2. The number of rotatable bonds is 2. The van der Waals surface area contributed by atoms with Crippen LogP contribution in [0.4, 0.5) is 0 Å². The molecular formula is C18H34N2. The fourth-order valence-electron chi connectivity index (χ4n) is 5.47. The van der Waals surface area contributed by atoms with E-state index in [4.69, 9.17) is 0 Å². The Bertz CT molecular complexity index is 320. The molecule has 1 spiro atoms. The van der Waals surface area contributed by atoms with Gasteiger partial charge >= 0.3 is 0 Å². The van der Waals surface area contributed by atoms with Crippen molar-refractivity contribution in [1.29, 1.82) is 0 Å². The lowest BCUT2D eigenvalue weighted by atomic mass is 9.68. The predicted octanol–water partition coefficient (Wildman–Crippen LogP) is 3.81. The Morgan fingerprint density at radius 1 is 0.900 bits per heavy atom. The van der Waals surface area contributed by atoms with E-state index in [0.717, 1.165) is 11.5 Å². The molecule has 0 amide bonds. The van der Waals surface area contributed by atoms with Gasteiger partial charge in [0.15, 0.2) is 0 Å². The van der Waals surface area contributed by atoms with Gasteiger partial charge in [-0.1, -0.05) is 33.1 Å². The van der Waals surface area contributed by atoms with E-state index in [-0.39, 0.29) is 0 Å². The average Bonchev–Trinajstić information content (AvgIpc) is 2.75. The number of hydrogen-bond donors (Lipinski definition) is 1. The van der Waals surface area contributed by atoms with Crippen molar-refractivity contribution in [2.75, 3.05) is 20.1 Å². The van der Waals surface area contributed by atoms with E-state index in [1.54, 1.807) is 0 Å². The van der Waals surface area contributed by atoms with Crippen LogP contribution < -0.4 is 5.32 Å². The first kappa shape index (κ1) is 14.8. The van der Waals surface area contributed by atoms with Crippen molar-refractivity contribution in [3.63, 3.8) is 0 Å². The topological polar surface area (TPSA) is 15.3 Å². The van der Waals surface area contributed by atoms with Crippen LogP contribution >= 0.6 is 0 Å². The third kappa shape index (κ3) is 2.66. The molecule has 3 fully saturated rings. The molecule has 2 saturated carbocycles. The van der Waals surface area contributed by atoms with Gasteiger partial charge in [-0.2, -0.15) is 0 Å². The molecule has 1 aliphatic heterocycles. The molecular weight excluding hydrogens is 244 g/mol. The van der Waals surface area contributed by atoms with E-state index < -0.39 is 0 Å². The van der Waals surface area contributed by atoms with E-state index in [9.17, 15) is 0 Å². The zero-order valence-electron chi connectivity index (χ0n) is 13.9. The minimum absolute atomic E-state index is 0.472. The maximum absolute atomic E-state index is 3.63. The smallest absolute Gasteiger partial charge is 0.0271 e. The van der Waals surface area contributed by atoms with E-state index >= 15 is 0 Å². The molecule has 0 aromatic heterocycles. The SMILES string of the molecule is CNC1C(N2CCC3(CCCCC3)CC2)CCC1(C)C. The predicted molar refractivity (Wildman–Crippen MR) is 86.0 cm³/mol. The Hall–Kier alpha value is -0.0800. The largest absolute Gasteiger partial charge is 0.315 e. The van der Waals surface area contributed by atoms with Gasteiger partial charge in [-0.15, -0.1) is 0 Å². The molecule has 2 heteroatoms. The third-order valence-corrected chi connectivity index (χ3v) is 6.86. The summed E-state index contributed by atoms with van der Waals surface area (Å²) in [4.78, 5) is 2.83. The summed E-state index contributed by atoms with van der Waals surface area (Å²) >= 11 is 0. The summed E-state index contributed by atoms with van der Waals surface area (Å²) in [5, 5.41) is 3.63. The summed E-state index contributed by atoms with van der Waals surface area (Å²) < 4.78 is 0. The van der Waals surface area contributed by atoms with Crippen LogP contribution in [0.25, 0.3) is 0 Å². The van der Waals surface area contributed by atoms with Crippen LogP contribution in [0.5, 0.6) is 0 Å². The van der Waals surface area contributed by atoms with Gasteiger partial charge in [0.1, 0.15) is 0 Å². The Kier molecular flexibility index (Phi) is 4.16. The first-order chi connectivity index (χ1) is 9.56. The molecule has 2 aliphatic carbocycles. The fraction of sp³-hybridized carbons (Fsp3) is 1.00. The highest BCUT2D eigenvalue weighted by Gasteiger charge is 2.45. The zero-order valence-corrected chi connectivity index (χ0v) is 13.9. The Morgan fingerprint density at radius 3 is 2.15 bits per heavy atom. The van der Waals surface area contributed by atoms with E-state index in [1.807, 2.05) is 0 Å². The second-order valence-electron chi connectivity index (χ2n) is 8.46. The van der Waals surface area contributed by atoms with Crippen molar-refractivity contribution in [3.8, 4) is 0 Å². The Labute approximate surface area is 125 Å². The normalized spacial score (nSPS) is 37.4. The number of likely N-dealkylation sites (tertiary alicyclic amines) is 1. The van der Waals surface area contributed by atoms with Gasteiger partial charge in [0, 0.05) is 12.1 Å². The van der Waals surface area contributed by atoms with Crippen LogP contribution in [0.1, 0.15) is 71.6 Å². The van der Waals surface area contributed by atoms with Gasteiger partial charge in [0.05, 0.1) is 0 Å². The molecule has 1 saturated heterocycles. The second kappa shape index (κ2) is 5.61. The summed E-state index contributed by atoms with van der Waals surface area (Å²) in [5.41, 5.74) is 1.22. The summed E-state index contributed by atoms with van der Waals surface area (Å²) in [7, 11) is 2.16. The third-order valence-electron chi connectivity index (χ3n) is 6.86. The number of nitrogens with zero attached hydrogens (tertiary/aromatic N) is 1. The first-order valence-corrected chi connectivity index (χ1v) is 8.98. The van der Waals surface area contributed by atoms with Crippen molar-refractivity contribution in [3.05, 3.63) is 0 Å². The molecule has 3 aliphatic rings. The van der Waals surface area contributed by atoms with Gasteiger partial charge < -0.3 is 5.32 Å². The number of likely N-dealkylation sites (N-methyl/N-ethyl adjacent to an activating group) is 1. The summed E-state index contributed by atoms with van der Waals surface area (Å²) in [6.07, 6.45) is 13.2. The highest BCUT2D eigenvalue weighted by molar-refractivity contribution is 5.02. The van der Waals surface area contributed by atoms with Crippen LogP contribution in [-0.4, -0.2) is 37.1 Å². The highest BCUT2D eigenvalue weighted by atomic mass is 15.2. The molecule has 1 heterocycles. The Balaban J connectivity index is 1.60. The minimum atomic E-state index is 0.472. The molecule has 3 rings (SSSR count). The van der Waals surface area contributed by atoms with Gasteiger partial charge in [-0.05, 0) is 69.5 Å². The molecule has 2 nitrogen and oxygen atoms in total. The second-order valence-corrected chi connectivity index (χ2v) is 8.46. The van der Waals surface area contributed by atoms with Crippen LogP contribution in [0, 0.1) is 10.8 Å². The van der Waals surface area contributed by atoms with Crippen molar-refractivity contribution in [2.45, 2.75) is 83.7 Å². The molecule has 1 N–H and O–H groups in total. The van der Waals surface area contributed by atoms with E-state index in [2.05, 4.69) is 31.1 Å². The van der Waals surface area contributed by atoms with Crippen LogP contribution in [0.2, 0.25) is 0 Å². The van der Waals surface area contributed by atoms with Crippen molar-refractivity contribution >= 4 is 0 Å². The molecule has 2 unspecified atom stereocenters. The Morgan fingerprint density at radius 2 is 1.55 bits per heavy atom.